The van der Waals surface area contributed by atoms with E-state index in [-0.39, 0.29) is 6.20 Å². The lowest BCUT2D eigenvalue weighted by molar-refractivity contribution is -0.138. The molecule has 0 N–H and O–H groups in total. The second kappa shape index (κ2) is 3.71. The number of rotatable bonds is 1. The largest absolute Gasteiger partial charge is 0.418 e. The van der Waals surface area contributed by atoms with E-state index in [4.69, 9.17) is 0 Å². The Kier molecular flexibility index (Phi) is 2.92. The van der Waals surface area contributed by atoms with Crippen LogP contribution >= 0.6 is 0 Å². The van der Waals surface area contributed by atoms with Gasteiger partial charge in [-0.3, -0.25) is 0 Å². The van der Waals surface area contributed by atoms with E-state index in [0.717, 1.165) is 6.92 Å². The molecule has 0 spiro atoms. The third-order valence-electron chi connectivity index (χ3n) is 1.86. The van der Waals surface area contributed by atoms with Crippen molar-refractivity contribution in [3.05, 3.63) is 28.8 Å². The second-order valence-corrected chi connectivity index (χ2v) is 2.80. The van der Waals surface area contributed by atoms with Crippen molar-refractivity contribution in [2.45, 2.75) is 19.5 Å². The van der Waals surface area contributed by atoms with Gasteiger partial charge in [0.25, 0.3) is 6.43 Å². The van der Waals surface area contributed by atoms with Gasteiger partial charge in [-0.25, -0.2) is 13.8 Å². The first-order chi connectivity index (χ1) is 6.75. The maximum Gasteiger partial charge on any atom is 0.418 e. The predicted molar refractivity (Wildman–Crippen MR) is 38.9 cm³/mol. The summed E-state index contributed by atoms with van der Waals surface area (Å²) < 4.78 is 73.8. The molecule has 0 saturated heterocycles. The van der Waals surface area contributed by atoms with Crippen LogP contribution in [0.25, 0.3) is 0 Å². The minimum atomic E-state index is -4.81. The van der Waals surface area contributed by atoms with Crippen molar-refractivity contribution in [3.63, 3.8) is 0 Å². The Balaban J connectivity index is 3.42. The standard InChI is InChI=1S/C8H5F6N/c1-3-4(8(12,13)14)2-15-7(11)5(3)6(9)10/h2,6H,1H3. The van der Waals surface area contributed by atoms with E-state index in [9.17, 15) is 26.3 Å². The maximum absolute atomic E-state index is 12.7. The molecule has 1 rings (SSSR count). The molecule has 84 valence electrons. The summed E-state index contributed by atoms with van der Waals surface area (Å²) in [5.74, 6) is -1.57. The summed E-state index contributed by atoms with van der Waals surface area (Å²) in [7, 11) is 0. The van der Waals surface area contributed by atoms with Gasteiger partial charge in [-0.1, -0.05) is 0 Å². The molecule has 0 aliphatic heterocycles. The minimum absolute atomic E-state index is 0.205. The van der Waals surface area contributed by atoms with Gasteiger partial charge in [0.1, 0.15) is 0 Å². The second-order valence-electron chi connectivity index (χ2n) is 2.80. The van der Waals surface area contributed by atoms with Crippen LogP contribution in [0.3, 0.4) is 0 Å². The first kappa shape index (κ1) is 11.8. The normalized spacial score (nSPS) is 12.3. The average molecular weight is 229 g/mol. The van der Waals surface area contributed by atoms with Gasteiger partial charge in [-0.2, -0.15) is 17.6 Å². The Morgan fingerprint density at radius 1 is 1.27 bits per heavy atom. The molecule has 0 aliphatic rings. The van der Waals surface area contributed by atoms with Crippen LogP contribution in [0, 0.1) is 12.9 Å². The zero-order valence-electron chi connectivity index (χ0n) is 7.37. The van der Waals surface area contributed by atoms with Crippen molar-refractivity contribution in [2.24, 2.45) is 0 Å². The Bertz CT molecular complexity index is 370. The summed E-state index contributed by atoms with van der Waals surface area (Å²) in [5, 5.41) is 0. The molecule has 7 heteroatoms. The van der Waals surface area contributed by atoms with Crippen molar-refractivity contribution in [2.75, 3.05) is 0 Å². The van der Waals surface area contributed by atoms with Crippen LogP contribution < -0.4 is 0 Å². The third-order valence-corrected chi connectivity index (χ3v) is 1.86. The van der Waals surface area contributed by atoms with E-state index in [0.29, 0.717) is 0 Å². The minimum Gasteiger partial charge on any atom is -0.227 e. The summed E-state index contributed by atoms with van der Waals surface area (Å²) in [6.45, 7) is 0.787. The van der Waals surface area contributed by atoms with Crippen molar-refractivity contribution < 1.29 is 26.3 Å². The number of hydrogen-bond donors (Lipinski definition) is 0. The third kappa shape index (κ3) is 2.21. The van der Waals surface area contributed by atoms with Gasteiger partial charge < -0.3 is 0 Å². The number of pyridine rings is 1. The van der Waals surface area contributed by atoms with Crippen LogP contribution in [0.2, 0.25) is 0 Å². The molecule has 1 nitrogen and oxygen atoms in total. The number of nitrogens with zero attached hydrogens (tertiary/aromatic N) is 1. The number of aromatic nitrogens is 1. The molecule has 0 radical (unpaired) electrons. The monoisotopic (exact) mass is 229 g/mol. The highest BCUT2D eigenvalue weighted by Crippen LogP contribution is 2.35. The van der Waals surface area contributed by atoms with Crippen LogP contribution in [0.1, 0.15) is 23.1 Å². The lowest BCUT2D eigenvalue weighted by atomic mass is 10.1. The molecule has 1 aromatic rings. The molecule has 1 heterocycles. The van der Waals surface area contributed by atoms with E-state index in [1.165, 1.54) is 0 Å². The van der Waals surface area contributed by atoms with Gasteiger partial charge in [-0.15, -0.1) is 0 Å². The van der Waals surface area contributed by atoms with Gasteiger partial charge in [0.15, 0.2) is 0 Å². The summed E-state index contributed by atoms with van der Waals surface area (Å²) in [6.07, 6.45) is -7.93. The molecule has 1 aromatic heterocycles. The van der Waals surface area contributed by atoms with Gasteiger partial charge in [0.2, 0.25) is 5.95 Å². The van der Waals surface area contributed by atoms with E-state index < -0.39 is 35.2 Å². The molecule has 0 fully saturated rings. The first-order valence-electron chi connectivity index (χ1n) is 3.75. The molecular weight excluding hydrogens is 224 g/mol. The van der Waals surface area contributed by atoms with Crippen molar-refractivity contribution >= 4 is 0 Å². The zero-order valence-corrected chi connectivity index (χ0v) is 7.37. The average Bonchev–Trinajstić information content (AvgIpc) is 2.00. The Morgan fingerprint density at radius 2 is 1.80 bits per heavy atom. The number of halogens is 6. The molecule has 15 heavy (non-hydrogen) atoms. The quantitative estimate of drug-likeness (QED) is 0.530. The molecule has 0 atom stereocenters. The first-order valence-corrected chi connectivity index (χ1v) is 3.75. The Labute approximate surface area is 80.7 Å². The molecule has 0 unspecified atom stereocenters. The van der Waals surface area contributed by atoms with Crippen LogP contribution in [-0.2, 0) is 6.18 Å². The molecule has 0 saturated carbocycles. The van der Waals surface area contributed by atoms with Crippen LogP contribution in [0.5, 0.6) is 0 Å². The van der Waals surface area contributed by atoms with E-state index in [2.05, 4.69) is 4.98 Å². The smallest absolute Gasteiger partial charge is 0.227 e. The predicted octanol–water partition coefficient (Wildman–Crippen LogP) is 3.49. The lowest BCUT2D eigenvalue weighted by Crippen LogP contribution is -2.12. The van der Waals surface area contributed by atoms with Crippen molar-refractivity contribution in [3.8, 4) is 0 Å². The fourth-order valence-corrected chi connectivity index (χ4v) is 1.13. The molecule has 0 bridgehead atoms. The maximum atomic E-state index is 12.7. The number of hydrogen-bond acceptors (Lipinski definition) is 1. The van der Waals surface area contributed by atoms with Crippen molar-refractivity contribution in [1.82, 2.24) is 4.98 Å². The summed E-state index contributed by atoms with van der Waals surface area (Å²) >= 11 is 0. The van der Waals surface area contributed by atoms with Crippen molar-refractivity contribution in [1.29, 1.82) is 0 Å². The van der Waals surface area contributed by atoms with Crippen LogP contribution in [0.15, 0.2) is 6.20 Å². The Hall–Kier alpha value is -1.27. The van der Waals surface area contributed by atoms with Gasteiger partial charge in [0, 0.05) is 6.20 Å². The van der Waals surface area contributed by atoms with E-state index in [1.54, 1.807) is 0 Å². The summed E-state index contributed by atoms with van der Waals surface area (Å²) in [5.41, 5.74) is -3.48. The molecule has 0 aromatic carbocycles. The molecular formula is C8H5F6N. The highest BCUT2D eigenvalue weighted by molar-refractivity contribution is 5.34. The number of alkyl halides is 5. The van der Waals surface area contributed by atoms with Gasteiger partial charge in [0.05, 0.1) is 11.1 Å². The van der Waals surface area contributed by atoms with Crippen LogP contribution in [-0.4, -0.2) is 4.98 Å². The molecule has 0 aliphatic carbocycles. The SMILES string of the molecule is Cc1c(C(F)(F)F)cnc(F)c1C(F)F. The topological polar surface area (TPSA) is 12.9 Å². The lowest BCUT2D eigenvalue weighted by Gasteiger charge is -2.13. The van der Waals surface area contributed by atoms with Gasteiger partial charge >= 0.3 is 6.18 Å². The summed E-state index contributed by atoms with van der Waals surface area (Å²) in [4.78, 5) is 2.66. The molecule has 0 amide bonds. The zero-order chi connectivity index (χ0) is 11.8. The van der Waals surface area contributed by atoms with E-state index >= 15 is 0 Å². The fraction of sp³-hybridized carbons (Fsp3) is 0.375. The fourth-order valence-electron chi connectivity index (χ4n) is 1.13. The highest BCUT2D eigenvalue weighted by atomic mass is 19.4. The van der Waals surface area contributed by atoms with Gasteiger partial charge in [-0.05, 0) is 12.5 Å². The Morgan fingerprint density at radius 3 is 2.20 bits per heavy atom. The summed E-state index contributed by atoms with van der Waals surface area (Å²) in [6, 6.07) is 0. The van der Waals surface area contributed by atoms with E-state index in [1.807, 2.05) is 0 Å². The van der Waals surface area contributed by atoms with Crippen LogP contribution in [0.4, 0.5) is 26.3 Å². The highest BCUT2D eigenvalue weighted by Gasteiger charge is 2.35.